The van der Waals surface area contributed by atoms with Gasteiger partial charge in [-0.15, -0.1) is 0 Å². The number of pyridine rings is 1. The van der Waals surface area contributed by atoms with Gasteiger partial charge in [0.2, 0.25) is 5.88 Å². The van der Waals surface area contributed by atoms with Gasteiger partial charge in [-0.2, -0.15) is 0 Å². The molecule has 0 aliphatic heterocycles. The summed E-state index contributed by atoms with van der Waals surface area (Å²) >= 11 is 3.29. The summed E-state index contributed by atoms with van der Waals surface area (Å²) in [7, 11) is 1.69. The summed E-state index contributed by atoms with van der Waals surface area (Å²) in [5, 5.41) is 0. The molecule has 4 nitrogen and oxygen atoms in total. The van der Waals surface area contributed by atoms with Gasteiger partial charge >= 0.3 is 0 Å². The fraction of sp³-hybridized carbons (Fsp3) is 0.545. The van der Waals surface area contributed by atoms with Crippen molar-refractivity contribution >= 4 is 21.6 Å². The van der Waals surface area contributed by atoms with Crippen molar-refractivity contribution < 1.29 is 9.47 Å². The minimum atomic E-state index is -0.190. The Kier molecular flexibility index (Phi) is 4.56. The van der Waals surface area contributed by atoms with E-state index in [4.69, 9.17) is 15.2 Å². The smallest absolute Gasteiger partial charge is 0.237 e. The Morgan fingerprint density at radius 3 is 2.75 bits per heavy atom. The fourth-order valence-electron chi connectivity index (χ4n) is 1.06. The lowest BCUT2D eigenvalue weighted by Gasteiger charge is -2.22. The van der Waals surface area contributed by atoms with Crippen LogP contribution in [0, 0.1) is 0 Å². The molecule has 5 heteroatoms. The zero-order valence-corrected chi connectivity index (χ0v) is 11.4. The van der Waals surface area contributed by atoms with Crippen LogP contribution < -0.4 is 10.5 Å². The molecule has 0 amide bonds. The van der Waals surface area contributed by atoms with Gasteiger partial charge < -0.3 is 15.2 Å². The highest BCUT2D eigenvalue weighted by Crippen LogP contribution is 2.22. The Labute approximate surface area is 104 Å². The molecular formula is C11H17BrN2O2. The van der Waals surface area contributed by atoms with Crippen molar-refractivity contribution in [1.29, 1.82) is 0 Å². The third kappa shape index (κ3) is 3.98. The Morgan fingerprint density at radius 2 is 2.19 bits per heavy atom. The standard InChI is InChI=1S/C11H17BrN2O2/c1-11(2,15-3)4-5-16-10-9(13)6-8(12)7-14-10/h6-7H,4-5,13H2,1-3H3. The maximum atomic E-state index is 5.75. The monoisotopic (exact) mass is 288 g/mol. The second-order valence-corrected chi connectivity index (χ2v) is 5.03. The van der Waals surface area contributed by atoms with Crippen molar-refractivity contribution in [2.24, 2.45) is 0 Å². The highest BCUT2D eigenvalue weighted by Gasteiger charge is 2.16. The minimum absolute atomic E-state index is 0.190. The number of rotatable bonds is 5. The molecule has 0 spiro atoms. The van der Waals surface area contributed by atoms with Crippen LogP contribution in [-0.4, -0.2) is 24.3 Å². The van der Waals surface area contributed by atoms with Crippen molar-refractivity contribution in [1.82, 2.24) is 4.98 Å². The van der Waals surface area contributed by atoms with Gasteiger partial charge in [-0.05, 0) is 35.8 Å². The highest BCUT2D eigenvalue weighted by molar-refractivity contribution is 9.10. The molecule has 0 saturated heterocycles. The predicted molar refractivity (Wildman–Crippen MR) is 67.5 cm³/mol. The molecule has 1 rings (SSSR count). The van der Waals surface area contributed by atoms with Crippen molar-refractivity contribution in [3.05, 3.63) is 16.7 Å². The van der Waals surface area contributed by atoms with Crippen molar-refractivity contribution in [3.8, 4) is 5.88 Å². The van der Waals surface area contributed by atoms with Crippen molar-refractivity contribution in [3.63, 3.8) is 0 Å². The molecule has 1 aromatic rings. The lowest BCUT2D eigenvalue weighted by molar-refractivity contribution is 0.00515. The van der Waals surface area contributed by atoms with Crippen LogP contribution in [0.3, 0.4) is 0 Å². The fourth-order valence-corrected chi connectivity index (χ4v) is 1.41. The van der Waals surface area contributed by atoms with E-state index in [2.05, 4.69) is 20.9 Å². The van der Waals surface area contributed by atoms with Crippen molar-refractivity contribution in [2.75, 3.05) is 19.5 Å². The number of hydrogen-bond donors (Lipinski definition) is 1. The minimum Gasteiger partial charge on any atom is -0.476 e. The lowest BCUT2D eigenvalue weighted by Crippen LogP contribution is -2.25. The van der Waals surface area contributed by atoms with Crippen molar-refractivity contribution in [2.45, 2.75) is 25.9 Å². The number of ether oxygens (including phenoxy) is 2. The van der Waals surface area contributed by atoms with E-state index in [0.29, 0.717) is 18.2 Å². The summed E-state index contributed by atoms with van der Waals surface area (Å²) in [6.07, 6.45) is 2.44. The number of nitrogen functional groups attached to an aromatic ring is 1. The van der Waals surface area contributed by atoms with Gasteiger partial charge in [0.1, 0.15) is 0 Å². The second-order valence-electron chi connectivity index (χ2n) is 4.11. The van der Waals surface area contributed by atoms with Crippen LogP contribution in [0.2, 0.25) is 0 Å². The maximum absolute atomic E-state index is 5.75. The van der Waals surface area contributed by atoms with Gasteiger partial charge in [0.15, 0.2) is 0 Å². The molecule has 0 aliphatic rings. The quantitative estimate of drug-likeness (QED) is 0.905. The number of halogens is 1. The van der Waals surface area contributed by atoms with E-state index in [9.17, 15) is 0 Å². The number of hydrogen-bond acceptors (Lipinski definition) is 4. The predicted octanol–water partition coefficient (Wildman–Crippen LogP) is 2.62. The summed E-state index contributed by atoms with van der Waals surface area (Å²) in [5.74, 6) is 0.468. The van der Waals surface area contributed by atoms with Crippen LogP contribution in [-0.2, 0) is 4.74 Å². The van der Waals surface area contributed by atoms with Gasteiger partial charge in [-0.3, -0.25) is 0 Å². The molecular weight excluding hydrogens is 272 g/mol. The Morgan fingerprint density at radius 1 is 1.50 bits per heavy atom. The average molecular weight is 289 g/mol. The SMILES string of the molecule is COC(C)(C)CCOc1ncc(Br)cc1N. The Balaban J connectivity index is 2.49. The van der Waals surface area contributed by atoms with Crippen LogP contribution >= 0.6 is 15.9 Å². The molecule has 0 aromatic carbocycles. The number of nitrogens with two attached hydrogens (primary N) is 1. The molecule has 16 heavy (non-hydrogen) atoms. The average Bonchev–Trinajstić information content (AvgIpc) is 2.21. The second kappa shape index (κ2) is 5.50. The summed E-state index contributed by atoms with van der Waals surface area (Å²) in [5.41, 5.74) is 6.10. The van der Waals surface area contributed by atoms with Gasteiger partial charge in [-0.25, -0.2) is 4.98 Å². The lowest BCUT2D eigenvalue weighted by atomic mass is 10.1. The third-order valence-electron chi connectivity index (χ3n) is 2.34. The first kappa shape index (κ1) is 13.3. The molecule has 0 atom stereocenters. The largest absolute Gasteiger partial charge is 0.476 e. The Bertz CT molecular complexity index is 356. The first-order valence-corrected chi connectivity index (χ1v) is 5.83. The molecule has 2 N–H and O–H groups in total. The van der Waals surface area contributed by atoms with Gasteiger partial charge in [0.25, 0.3) is 0 Å². The molecule has 0 unspecified atom stereocenters. The molecule has 0 fully saturated rings. The number of aromatic nitrogens is 1. The normalized spacial score (nSPS) is 11.5. The first-order valence-electron chi connectivity index (χ1n) is 5.03. The van der Waals surface area contributed by atoms with E-state index in [1.807, 2.05) is 13.8 Å². The van der Waals surface area contributed by atoms with Gasteiger partial charge in [-0.1, -0.05) is 0 Å². The topological polar surface area (TPSA) is 57.4 Å². The van der Waals surface area contributed by atoms with Gasteiger partial charge in [0, 0.05) is 24.2 Å². The van der Waals surface area contributed by atoms with Crippen LogP contribution in [0.1, 0.15) is 20.3 Å². The Hall–Kier alpha value is -0.810. The zero-order valence-electron chi connectivity index (χ0n) is 9.79. The first-order chi connectivity index (χ1) is 7.44. The highest BCUT2D eigenvalue weighted by atomic mass is 79.9. The summed E-state index contributed by atoms with van der Waals surface area (Å²) in [6, 6.07) is 1.77. The van der Waals surface area contributed by atoms with E-state index in [0.717, 1.165) is 10.9 Å². The van der Waals surface area contributed by atoms with Gasteiger partial charge in [0.05, 0.1) is 17.9 Å². The molecule has 0 bridgehead atoms. The number of anilines is 1. The van der Waals surface area contributed by atoms with E-state index in [1.54, 1.807) is 19.4 Å². The third-order valence-corrected chi connectivity index (χ3v) is 2.77. The summed E-state index contributed by atoms with van der Waals surface area (Å²) < 4.78 is 11.6. The van der Waals surface area contributed by atoms with Crippen LogP contribution in [0.25, 0.3) is 0 Å². The zero-order chi connectivity index (χ0) is 12.2. The van der Waals surface area contributed by atoms with E-state index < -0.39 is 0 Å². The molecule has 1 heterocycles. The molecule has 0 radical (unpaired) electrons. The van der Waals surface area contributed by atoms with Crippen LogP contribution in [0.5, 0.6) is 5.88 Å². The molecule has 1 aromatic heterocycles. The summed E-state index contributed by atoms with van der Waals surface area (Å²) in [4.78, 5) is 4.09. The summed E-state index contributed by atoms with van der Waals surface area (Å²) in [6.45, 7) is 4.54. The van der Waals surface area contributed by atoms with E-state index in [1.165, 1.54) is 0 Å². The number of nitrogens with zero attached hydrogens (tertiary/aromatic N) is 1. The maximum Gasteiger partial charge on any atom is 0.237 e. The van der Waals surface area contributed by atoms with Crippen LogP contribution in [0.15, 0.2) is 16.7 Å². The van der Waals surface area contributed by atoms with Crippen LogP contribution in [0.4, 0.5) is 5.69 Å². The van der Waals surface area contributed by atoms with E-state index >= 15 is 0 Å². The number of methoxy groups -OCH3 is 1. The van der Waals surface area contributed by atoms with E-state index in [-0.39, 0.29) is 5.60 Å². The molecule has 0 saturated carbocycles. The molecule has 90 valence electrons. The molecule has 0 aliphatic carbocycles.